The van der Waals surface area contributed by atoms with Crippen LogP contribution in [0.25, 0.3) is 0 Å². The van der Waals surface area contributed by atoms with E-state index in [2.05, 4.69) is 5.16 Å². The molecule has 0 fully saturated rings. The monoisotopic (exact) mass is 317 g/mol. The van der Waals surface area contributed by atoms with Crippen LogP contribution in [0.2, 0.25) is 0 Å². The molecule has 6 heteroatoms. The van der Waals surface area contributed by atoms with Gasteiger partial charge in [-0.05, 0) is 42.5 Å². The number of hydrogen-bond acceptors (Lipinski definition) is 6. The molecule has 2 aromatic rings. The molecule has 122 valence electrons. The average Bonchev–Trinajstić information content (AvgIpc) is 2.62. The standard InChI is InChI=1S/C17H19NO5/c1-20-13-5-7-14(8-6-13)23-11-15(18-19)12-4-9-16(21-2)17(10-12)22-3/h4-10,19H,11H2,1-3H3. The fourth-order valence-corrected chi connectivity index (χ4v) is 2.01. The van der Waals surface area contributed by atoms with Crippen LogP contribution < -0.4 is 18.9 Å². The largest absolute Gasteiger partial charge is 0.497 e. The van der Waals surface area contributed by atoms with Crippen molar-refractivity contribution in [1.82, 2.24) is 0 Å². The van der Waals surface area contributed by atoms with Crippen LogP contribution in [0.1, 0.15) is 5.56 Å². The van der Waals surface area contributed by atoms with E-state index >= 15 is 0 Å². The summed E-state index contributed by atoms with van der Waals surface area (Å²) in [4.78, 5) is 0. The number of hydrogen-bond donors (Lipinski definition) is 1. The summed E-state index contributed by atoms with van der Waals surface area (Å²) in [5.41, 5.74) is 1.06. The number of benzene rings is 2. The van der Waals surface area contributed by atoms with Gasteiger partial charge in [-0.1, -0.05) is 5.16 Å². The zero-order valence-corrected chi connectivity index (χ0v) is 13.3. The van der Waals surface area contributed by atoms with E-state index in [0.717, 1.165) is 5.75 Å². The predicted octanol–water partition coefficient (Wildman–Crippen LogP) is 2.97. The Morgan fingerprint density at radius 3 is 2.09 bits per heavy atom. The maximum atomic E-state index is 9.25. The first-order valence-corrected chi connectivity index (χ1v) is 6.92. The molecule has 23 heavy (non-hydrogen) atoms. The molecule has 0 aromatic heterocycles. The van der Waals surface area contributed by atoms with Crippen LogP contribution >= 0.6 is 0 Å². The molecule has 0 amide bonds. The van der Waals surface area contributed by atoms with Crippen molar-refractivity contribution >= 4 is 5.71 Å². The summed E-state index contributed by atoms with van der Waals surface area (Å²) in [7, 11) is 4.71. The SMILES string of the molecule is COc1ccc(OCC(=NO)c2ccc(OC)c(OC)c2)cc1. The highest BCUT2D eigenvalue weighted by molar-refractivity contribution is 6.01. The van der Waals surface area contributed by atoms with Gasteiger partial charge in [0, 0.05) is 5.56 Å². The molecule has 6 nitrogen and oxygen atoms in total. The van der Waals surface area contributed by atoms with Crippen molar-refractivity contribution in [2.45, 2.75) is 0 Å². The summed E-state index contributed by atoms with van der Waals surface area (Å²) < 4.78 is 21.1. The third-order valence-electron chi connectivity index (χ3n) is 3.27. The van der Waals surface area contributed by atoms with Crippen molar-refractivity contribution in [3.05, 3.63) is 48.0 Å². The Bertz CT molecular complexity index is 667. The lowest BCUT2D eigenvalue weighted by atomic mass is 10.1. The molecule has 0 atom stereocenters. The fraction of sp³-hybridized carbons (Fsp3) is 0.235. The number of oxime groups is 1. The summed E-state index contributed by atoms with van der Waals surface area (Å²) in [5.74, 6) is 2.54. The van der Waals surface area contributed by atoms with E-state index in [1.54, 1.807) is 63.8 Å². The van der Waals surface area contributed by atoms with Gasteiger partial charge in [0.1, 0.15) is 23.8 Å². The molecule has 0 saturated carbocycles. The van der Waals surface area contributed by atoms with Crippen LogP contribution in [0.3, 0.4) is 0 Å². The number of methoxy groups -OCH3 is 3. The van der Waals surface area contributed by atoms with Gasteiger partial charge >= 0.3 is 0 Å². The molecule has 0 bridgehead atoms. The molecule has 0 saturated heterocycles. The van der Waals surface area contributed by atoms with E-state index in [1.807, 2.05) is 0 Å². The van der Waals surface area contributed by atoms with Crippen molar-refractivity contribution in [2.75, 3.05) is 27.9 Å². The summed E-state index contributed by atoms with van der Waals surface area (Å²) in [6.45, 7) is 0.109. The van der Waals surface area contributed by atoms with Crippen LogP contribution in [0, 0.1) is 0 Å². The van der Waals surface area contributed by atoms with Gasteiger partial charge in [0.05, 0.1) is 21.3 Å². The lowest BCUT2D eigenvalue weighted by molar-refractivity contribution is 0.308. The molecular formula is C17H19NO5. The van der Waals surface area contributed by atoms with Gasteiger partial charge < -0.3 is 24.2 Å². The highest BCUT2D eigenvalue weighted by atomic mass is 16.5. The van der Waals surface area contributed by atoms with Gasteiger partial charge in [-0.25, -0.2) is 0 Å². The number of ether oxygens (including phenoxy) is 4. The van der Waals surface area contributed by atoms with Crippen molar-refractivity contribution < 1.29 is 24.2 Å². The Hall–Kier alpha value is -2.89. The zero-order valence-electron chi connectivity index (χ0n) is 13.3. The number of rotatable bonds is 7. The van der Waals surface area contributed by atoms with E-state index in [9.17, 15) is 5.21 Å². The second-order valence-corrected chi connectivity index (χ2v) is 4.58. The van der Waals surface area contributed by atoms with Crippen LogP contribution in [-0.4, -0.2) is 38.9 Å². The van der Waals surface area contributed by atoms with Gasteiger partial charge in [-0.15, -0.1) is 0 Å². The second kappa shape index (κ2) is 7.93. The Morgan fingerprint density at radius 1 is 0.870 bits per heavy atom. The molecule has 0 unspecified atom stereocenters. The summed E-state index contributed by atoms with van der Waals surface area (Å²) >= 11 is 0. The van der Waals surface area contributed by atoms with E-state index < -0.39 is 0 Å². The van der Waals surface area contributed by atoms with Gasteiger partial charge in [0.2, 0.25) is 0 Å². The predicted molar refractivity (Wildman–Crippen MR) is 86.4 cm³/mol. The molecule has 0 radical (unpaired) electrons. The Balaban J connectivity index is 2.10. The van der Waals surface area contributed by atoms with E-state index in [4.69, 9.17) is 18.9 Å². The maximum absolute atomic E-state index is 9.25. The van der Waals surface area contributed by atoms with Gasteiger partial charge in [-0.2, -0.15) is 0 Å². The molecule has 0 aliphatic rings. The zero-order chi connectivity index (χ0) is 16.7. The van der Waals surface area contributed by atoms with Crippen molar-refractivity contribution in [3.63, 3.8) is 0 Å². The first kappa shape index (κ1) is 16.5. The summed E-state index contributed by atoms with van der Waals surface area (Å²) in [6, 6.07) is 12.4. The third-order valence-corrected chi connectivity index (χ3v) is 3.27. The Kier molecular flexibility index (Phi) is 5.68. The Morgan fingerprint density at radius 2 is 1.52 bits per heavy atom. The topological polar surface area (TPSA) is 69.5 Å². The van der Waals surface area contributed by atoms with Gasteiger partial charge in [0.25, 0.3) is 0 Å². The lowest BCUT2D eigenvalue weighted by Gasteiger charge is -2.11. The smallest absolute Gasteiger partial charge is 0.161 e. The minimum atomic E-state index is 0.109. The van der Waals surface area contributed by atoms with Crippen LogP contribution in [0.15, 0.2) is 47.6 Å². The molecule has 2 rings (SSSR count). The highest BCUT2D eigenvalue weighted by Crippen LogP contribution is 2.28. The average molecular weight is 317 g/mol. The van der Waals surface area contributed by atoms with E-state index in [1.165, 1.54) is 0 Å². The molecule has 0 heterocycles. The number of nitrogens with zero attached hydrogens (tertiary/aromatic N) is 1. The molecular weight excluding hydrogens is 298 g/mol. The molecule has 1 N–H and O–H groups in total. The summed E-state index contributed by atoms with van der Waals surface area (Å²) in [6.07, 6.45) is 0. The summed E-state index contributed by atoms with van der Waals surface area (Å²) in [5, 5.41) is 12.6. The highest BCUT2D eigenvalue weighted by Gasteiger charge is 2.11. The van der Waals surface area contributed by atoms with Crippen molar-refractivity contribution in [1.29, 1.82) is 0 Å². The minimum Gasteiger partial charge on any atom is -0.497 e. The minimum absolute atomic E-state index is 0.109. The van der Waals surface area contributed by atoms with Crippen LogP contribution in [0.4, 0.5) is 0 Å². The molecule has 0 aliphatic heterocycles. The van der Waals surface area contributed by atoms with Crippen molar-refractivity contribution in [2.24, 2.45) is 5.16 Å². The first-order chi connectivity index (χ1) is 11.2. The fourth-order valence-electron chi connectivity index (χ4n) is 2.01. The van der Waals surface area contributed by atoms with E-state index in [-0.39, 0.29) is 6.61 Å². The maximum Gasteiger partial charge on any atom is 0.161 e. The van der Waals surface area contributed by atoms with Crippen LogP contribution in [0.5, 0.6) is 23.0 Å². The molecule has 0 aliphatic carbocycles. The van der Waals surface area contributed by atoms with Gasteiger partial charge in [0.15, 0.2) is 11.5 Å². The van der Waals surface area contributed by atoms with Crippen molar-refractivity contribution in [3.8, 4) is 23.0 Å². The first-order valence-electron chi connectivity index (χ1n) is 6.92. The van der Waals surface area contributed by atoms with E-state index in [0.29, 0.717) is 28.5 Å². The van der Waals surface area contributed by atoms with Gasteiger partial charge in [-0.3, -0.25) is 0 Å². The Labute approximate surface area is 134 Å². The quantitative estimate of drug-likeness (QED) is 0.483. The third kappa shape index (κ3) is 4.06. The van der Waals surface area contributed by atoms with Crippen LogP contribution in [-0.2, 0) is 0 Å². The molecule has 2 aromatic carbocycles. The lowest BCUT2D eigenvalue weighted by Crippen LogP contribution is -2.13. The molecule has 0 spiro atoms. The normalized spacial score (nSPS) is 11.0. The second-order valence-electron chi connectivity index (χ2n) is 4.58.